The van der Waals surface area contributed by atoms with Gasteiger partial charge in [-0.2, -0.15) is 0 Å². The van der Waals surface area contributed by atoms with Gasteiger partial charge in [0.15, 0.2) is 19.8 Å². The number of allylic oxidation sites excluding steroid dienone is 3. The summed E-state index contributed by atoms with van der Waals surface area (Å²) < 4.78 is 69.2. The van der Waals surface area contributed by atoms with Crippen LogP contribution < -0.4 is 9.47 Å². The Bertz CT molecular complexity index is 2240. The van der Waals surface area contributed by atoms with E-state index in [1.165, 1.54) is 23.5 Å². The van der Waals surface area contributed by atoms with E-state index >= 15 is 0 Å². The zero-order chi connectivity index (χ0) is 64.6. The quantitative estimate of drug-likeness (QED) is 0.0179. The van der Waals surface area contributed by atoms with Crippen molar-refractivity contribution in [2.75, 3.05) is 66.7 Å². The van der Waals surface area contributed by atoms with Crippen LogP contribution in [0.5, 0.6) is 11.5 Å². The number of benzene rings is 1. The van der Waals surface area contributed by atoms with Crippen molar-refractivity contribution >= 4 is 50.2 Å². The van der Waals surface area contributed by atoms with E-state index in [9.17, 15) is 14.4 Å². The third-order valence-electron chi connectivity index (χ3n) is 17.3. The highest BCUT2D eigenvalue weighted by Gasteiger charge is 2.43. The summed E-state index contributed by atoms with van der Waals surface area (Å²) in [4.78, 5) is 39.7. The van der Waals surface area contributed by atoms with Crippen LogP contribution in [-0.4, -0.2) is 147 Å². The lowest BCUT2D eigenvalue weighted by Crippen LogP contribution is -2.49. The van der Waals surface area contributed by atoms with Gasteiger partial charge in [-0.15, -0.1) is 23.5 Å². The topological polar surface area (TPSA) is 156 Å². The summed E-state index contributed by atoms with van der Waals surface area (Å²) in [5.74, 6) is 1.04. The van der Waals surface area contributed by atoms with E-state index in [4.69, 9.17) is 51.8 Å². The van der Waals surface area contributed by atoms with Crippen LogP contribution in [0, 0.1) is 41.4 Å². The Morgan fingerprint density at radius 2 is 1.58 bits per heavy atom. The van der Waals surface area contributed by atoms with E-state index in [0.29, 0.717) is 61.4 Å². The number of esters is 2. The number of nitrogens with zero attached hydrogens (tertiary/aromatic N) is 1. The second-order valence-corrected chi connectivity index (χ2v) is 31.7. The summed E-state index contributed by atoms with van der Waals surface area (Å²) in [6.07, 6.45) is 25.5. The third kappa shape index (κ3) is 28.2. The molecule has 492 valence electrons. The van der Waals surface area contributed by atoms with Crippen molar-refractivity contribution in [2.45, 2.75) is 208 Å². The lowest BCUT2D eigenvalue weighted by Gasteiger charge is -2.44. The maximum Gasteiger partial charge on any atom is 0.331 e. The summed E-state index contributed by atoms with van der Waals surface area (Å²) >= 11 is 3.25. The molecule has 1 aromatic carbocycles. The largest absolute Gasteiger partial charge is 0.493 e. The smallest absolute Gasteiger partial charge is 0.331 e. The van der Waals surface area contributed by atoms with Gasteiger partial charge in [0.2, 0.25) is 6.41 Å². The summed E-state index contributed by atoms with van der Waals surface area (Å²) in [5, 5.41) is 0.0266. The fraction of sp³-hybridized carbons (Fsp3) is 0.721. The number of hydrogen-bond acceptors (Lipinski definition) is 16. The zero-order valence-corrected chi connectivity index (χ0v) is 59.3. The van der Waals surface area contributed by atoms with Gasteiger partial charge in [0.25, 0.3) is 0 Å². The molecule has 0 bridgehead atoms. The van der Waals surface area contributed by atoms with Gasteiger partial charge in [-0.25, -0.2) is 4.79 Å². The summed E-state index contributed by atoms with van der Waals surface area (Å²) in [6, 6.07) is 5.61. The molecular formula is C68H115NO14S2Si. The maximum absolute atomic E-state index is 14.1. The van der Waals surface area contributed by atoms with Gasteiger partial charge in [0.1, 0.15) is 19.0 Å². The summed E-state index contributed by atoms with van der Waals surface area (Å²) in [6.45, 7) is 30.4. The van der Waals surface area contributed by atoms with Crippen molar-refractivity contribution in [3.63, 3.8) is 0 Å². The summed E-state index contributed by atoms with van der Waals surface area (Å²) in [7, 11) is 6.20. The first-order valence-electron chi connectivity index (χ1n) is 31.0. The van der Waals surface area contributed by atoms with E-state index in [2.05, 4.69) is 106 Å². The molecule has 0 saturated heterocycles. The molecule has 15 nitrogen and oxygen atoms in total. The second kappa shape index (κ2) is 41.8. The van der Waals surface area contributed by atoms with E-state index in [1.54, 1.807) is 64.2 Å². The highest BCUT2D eigenvalue weighted by Crippen LogP contribution is 2.41. The fourth-order valence-electron chi connectivity index (χ4n) is 10.8. The van der Waals surface area contributed by atoms with Crippen molar-refractivity contribution in [3.8, 4) is 11.5 Å². The molecule has 0 aromatic heterocycles. The van der Waals surface area contributed by atoms with Crippen LogP contribution in [0.25, 0.3) is 0 Å². The highest BCUT2D eigenvalue weighted by molar-refractivity contribution is 7.98. The van der Waals surface area contributed by atoms with Gasteiger partial charge in [-0.05, 0) is 124 Å². The number of amides is 1. The molecule has 0 aliphatic carbocycles. The van der Waals surface area contributed by atoms with Crippen LogP contribution in [0.3, 0.4) is 0 Å². The molecule has 0 saturated carbocycles. The van der Waals surface area contributed by atoms with E-state index in [0.717, 1.165) is 31.2 Å². The van der Waals surface area contributed by atoms with Gasteiger partial charge in [0.05, 0.1) is 69.3 Å². The molecule has 1 aliphatic rings. The fourth-order valence-corrected chi connectivity index (χ4v) is 12.9. The monoisotopic (exact) mass is 1260 g/mol. The molecule has 86 heavy (non-hydrogen) atoms. The molecule has 1 heterocycles. The molecule has 1 amide bonds. The first kappa shape index (κ1) is 78.7. The van der Waals surface area contributed by atoms with Crippen LogP contribution in [0.1, 0.15) is 140 Å². The SMILES string of the molecule is COc1ccc(COCO[C@H](CC[C@H](C)[C@H](OCSC)[C@H](C)[C@@H]2C/C=C/[C@H](OC)C[C@H](C)C/C=C(\C)[C@@H](OC)CC[C@@H](C)[C@@H](O[Si](C)(C)C(C)(C)C)[C@H](C)[C@H](OCSC)C/C=C/C=C/C(=O)O2)[C@H](C)[C@H](OC(C)=O)[C@H](C)/C=C/N(C)C=O)cc1OC. The average Bonchev–Trinajstić information content (AvgIpc) is 3.63. The van der Waals surface area contributed by atoms with Crippen LogP contribution in [0.4, 0.5) is 0 Å². The van der Waals surface area contributed by atoms with Crippen molar-refractivity contribution < 1.29 is 66.2 Å². The van der Waals surface area contributed by atoms with Crippen LogP contribution in [0.15, 0.2) is 78.6 Å². The summed E-state index contributed by atoms with van der Waals surface area (Å²) in [5.41, 5.74) is 2.10. The molecule has 0 fully saturated rings. The number of thioether (sulfide) groups is 2. The Kier molecular flexibility index (Phi) is 38.2. The lowest BCUT2D eigenvalue weighted by molar-refractivity contribution is -0.162. The molecule has 0 N–H and O–H groups in total. The molecule has 1 aromatic rings. The van der Waals surface area contributed by atoms with Crippen molar-refractivity contribution in [1.29, 1.82) is 0 Å². The highest BCUT2D eigenvalue weighted by atomic mass is 32.2. The zero-order valence-electron chi connectivity index (χ0n) is 56.6. The van der Waals surface area contributed by atoms with Gasteiger partial charge in [0, 0.05) is 70.6 Å². The normalized spacial score (nSPS) is 26.2. The number of rotatable bonds is 30. The van der Waals surface area contributed by atoms with Crippen molar-refractivity contribution in [1.82, 2.24) is 4.90 Å². The Hall–Kier alpha value is -3.43. The average molecular weight is 1260 g/mol. The molecule has 0 unspecified atom stereocenters. The molecular weight excluding hydrogens is 1150 g/mol. The van der Waals surface area contributed by atoms with Gasteiger partial charge in [-0.3, -0.25) is 9.59 Å². The molecule has 15 atom stereocenters. The van der Waals surface area contributed by atoms with E-state index in [1.807, 2.05) is 57.6 Å². The van der Waals surface area contributed by atoms with Crippen molar-refractivity contribution in [3.05, 3.63) is 84.1 Å². The number of carbonyl (C=O) groups is 3. The first-order chi connectivity index (χ1) is 40.7. The Morgan fingerprint density at radius 1 is 0.884 bits per heavy atom. The molecule has 0 spiro atoms. The van der Waals surface area contributed by atoms with E-state index in [-0.39, 0.29) is 84.5 Å². The van der Waals surface area contributed by atoms with E-state index < -0.39 is 38.6 Å². The minimum atomic E-state index is -2.19. The van der Waals surface area contributed by atoms with Gasteiger partial charge in [-0.1, -0.05) is 118 Å². The number of ether oxygens (including phenoxy) is 10. The van der Waals surface area contributed by atoms with Gasteiger partial charge < -0.3 is 56.7 Å². The molecule has 18 heteroatoms. The predicted octanol–water partition coefficient (Wildman–Crippen LogP) is 15.0. The van der Waals surface area contributed by atoms with Crippen LogP contribution in [-0.2, 0) is 63.3 Å². The number of carbonyl (C=O) groups excluding carboxylic acids is 3. The number of hydrogen-bond donors (Lipinski definition) is 0. The molecule has 2 rings (SSSR count). The first-order valence-corrected chi connectivity index (χ1v) is 36.7. The number of cyclic esters (lactones) is 1. The van der Waals surface area contributed by atoms with Crippen LogP contribution >= 0.6 is 23.5 Å². The minimum absolute atomic E-state index is 0.0112. The maximum atomic E-state index is 14.1. The minimum Gasteiger partial charge on any atom is -0.493 e. The molecule has 0 radical (unpaired) electrons. The second-order valence-electron chi connectivity index (χ2n) is 25.3. The number of methoxy groups -OCH3 is 4. The lowest BCUT2D eigenvalue weighted by atomic mass is 9.82. The standard InChI is InChI=1S/C68H115NO14S2Si/c1-47-30-31-48(2)58(74-15)35-32-50(4)67(83-86(20,21)68(10,11)12)53(7)59(79-45-84-18)27-23-22-24-29-64(72)82-61(28-25-26-57(40-47)73-14)54(8)65(80-46-85-19)49(3)33-36-60(52(6)66(81-55(9)71)51(5)38-39-69(13)43-70)78-44-77-42-56-34-37-62(75-16)63(41-56)76-17/h22-26,29,31,34,37-39,41,43,47,49-54,57-61,65-67H,27-28,30,32-33,35-36,40,42,44-46H2,1-21H3/b23-22+,26-25+,29-24+,39-38+,48-31+/t47-,49+,50-,51-,52+,53-,54-,57+,58+,59-,60-,61+,65+,66-,67-/m1/s1. The Morgan fingerprint density at radius 3 is 2.20 bits per heavy atom. The third-order valence-corrected chi connectivity index (χ3v) is 22.6. The Balaban J connectivity index is 2.66. The van der Waals surface area contributed by atoms with Crippen LogP contribution in [0.2, 0.25) is 18.1 Å². The van der Waals surface area contributed by atoms with Gasteiger partial charge >= 0.3 is 11.9 Å². The predicted molar refractivity (Wildman–Crippen MR) is 355 cm³/mol. The molecule has 1 aliphatic heterocycles. The Labute approximate surface area is 530 Å². The van der Waals surface area contributed by atoms with Crippen molar-refractivity contribution in [2.24, 2.45) is 41.4 Å².